The summed E-state index contributed by atoms with van der Waals surface area (Å²) >= 11 is 0. The van der Waals surface area contributed by atoms with Crippen molar-refractivity contribution in [2.75, 3.05) is 23.9 Å². The van der Waals surface area contributed by atoms with E-state index >= 15 is 0 Å². The van der Waals surface area contributed by atoms with Gasteiger partial charge < -0.3 is 15.1 Å². The van der Waals surface area contributed by atoms with Crippen LogP contribution in [0.25, 0.3) is 0 Å². The van der Waals surface area contributed by atoms with Crippen LogP contribution in [0.4, 0.5) is 11.4 Å². The van der Waals surface area contributed by atoms with Crippen LogP contribution in [-0.4, -0.2) is 19.9 Å². The second kappa shape index (κ2) is 4.47. The molecular weight excluding hydrogens is 166 g/mol. The number of carbonyl (C=O) groups is 1. The normalized spacial score (nSPS) is 9.38. The zero-order valence-corrected chi connectivity index (χ0v) is 7.53. The number of hydrogen-bond acceptors (Lipinski definition) is 4. The minimum absolute atomic E-state index is 0.193. The molecule has 3 N–H and O–H groups in total. The summed E-state index contributed by atoms with van der Waals surface area (Å²) in [7, 11) is 1.81. The smallest absolute Gasteiger partial charge is 0.140 e. The number of nitrogens with two attached hydrogens (primary N) is 1. The van der Waals surface area contributed by atoms with Gasteiger partial charge in [-0.25, -0.2) is 5.84 Å². The fourth-order valence-electron chi connectivity index (χ4n) is 1.11. The van der Waals surface area contributed by atoms with E-state index in [0.29, 0.717) is 0 Å². The van der Waals surface area contributed by atoms with Crippen LogP contribution in [0.15, 0.2) is 24.3 Å². The van der Waals surface area contributed by atoms with E-state index in [2.05, 4.69) is 5.32 Å². The Morgan fingerprint density at radius 2 is 2.23 bits per heavy atom. The first-order valence-electron chi connectivity index (χ1n) is 4.02. The molecule has 0 aromatic heterocycles. The molecule has 0 aliphatic heterocycles. The van der Waals surface area contributed by atoms with Gasteiger partial charge in [0.1, 0.15) is 6.29 Å². The van der Waals surface area contributed by atoms with Gasteiger partial charge in [-0.3, -0.25) is 0 Å². The number of hydrazine groups is 1. The van der Waals surface area contributed by atoms with Gasteiger partial charge in [-0.1, -0.05) is 12.1 Å². The molecule has 0 unspecified atom stereocenters. The van der Waals surface area contributed by atoms with Crippen molar-refractivity contribution in [3.8, 4) is 0 Å². The Kier molecular flexibility index (Phi) is 3.28. The fourth-order valence-corrected chi connectivity index (χ4v) is 1.11. The molecule has 0 bridgehead atoms. The van der Waals surface area contributed by atoms with Crippen LogP contribution in [0.1, 0.15) is 0 Å². The molecule has 0 saturated carbocycles. The molecular formula is C9H13N3O. The van der Waals surface area contributed by atoms with Gasteiger partial charge in [0.25, 0.3) is 0 Å². The molecule has 0 aliphatic carbocycles. The second-order valence-electron chi connectivity index (χ2n) is 2.59. The summed E-state index contributed by atoms with van der Waals surface area (Å²) in [6.45, 7) is 0.193. The maximum Gasteiger partial charge on any atom is 0.140 e. The third kappa shape index (κ3) is 2.19. The van der Waals surface area contributed by atoms with Crippen molar-refractivity contribution in [3.05, 3.63) is 24.3 Å². The first kappa shape index (κ1) is 9.54. The number of hydrogen-bond donors (Lipinski definition) is 2. The molecule has 0 atom stereocenters. The SMILES string of the molecule is CNc1ccccc1N(N)CC=O. The minimum atomic E-state index is 0.193. The van der Waals surface area contributed by atoms with Crippen LogP contribution in [0, 0.1) is 0 Å². The second-order valence-corrected chi connectivity index (χ2v) is 2.59. The lowest BCUT2D eigenvalue weighted by atomic mass is 10.2. The highest BCUT2D eigenvalue weighted by Crippen LogP contribution is 2.22. The summed E-state index contributed by atoms with van der Waals surface area (Å²) in [5.74, 6) is 5.64. The van der Waals surface area contributed by atoms with Gasteiger partial charge in [-0.05, 0) is 12.1 Å². The first-order chi connectivity index (χ1) is 6.29. The zero-order chi connectivity index (χ0) is 9.68. The van der Waals surface area contributed by atoms with Crippen molar-refractivity contribution in [2.45, 2.75) is 0 Å². The predicted octanol–water partition coefficient (Wildman–Crippen LogP) is 0.607. The molecule has 0 aliphatic rings. The molecule has 0 fully saturated rings. The van der Waals surface area contributed by atoms with E-state index in [4.69, 9.17) is 5.84 Å². The molecule has 0 amide bonds. The van der Waals surface area contributed by atoms with E-state index in [1.807, 2.05) is 31.3 Å². The Hall–Kier alpha value is -1.55. The Bertz CT molecular complexity index is 288. The van der Waals surface area contributed by atoms with Gasteiger partial charge in [0.15, 0.2) is 0 Å². The standard InChI is InChI=1S/C9H13N3O/c1-11-8-4-2-3-5-9(8)12(10)6-7-13/h2-5,7,11H,6,10H2,1H3. The van der Waals surface area contributed by atoms with Crippen LogP contribution in [-0.2, 0) is 4.79 Å². The molecule has 0 radical (unpaired) electrons. The molecule has 1 aromatic rings. The number of rotatable bonds is 4. The van der Waals surface area contributed by atoms with Crippen molar-refractivity contribution < 1.29 is 4.79 Å². The number of aldehydes is 1. The third-order valence-corrected chi connectivity index (χ3v) is 1.75. The molecule has 70 valence electrons. The van der Waals surface area contributed by atoms with Crippen molar-refractivity contribution in [1.29, 1.82) is 0 Å². The van der Waals surface area contributed by atoms with Gasteiger partial charge in [0.2, 0.25) is 0 Å². The molecule has 4 heteroatoms. The first-order valence-corrected chi connectivity index (χ1v) is 4.02. The van der Waals surface area contributed by atoms with E-state index in [-0.39, 0.29) is 6.54 Å². The van der Waals surface area contributed by atoms with Crippen LogP contribution in [0.5, 0.6) is 0 Å². The summed E-state index contributed by atoms with van der Waals surface area (Å²) in [5.41, 5.74) is 1.73. The van der Waals surface area contributed by atoms with Gasteiger partial charge in [0.05, 0.1) is 17.9 Å². The van der Waals surface area contributed by atoms with Crippen molar-refractivity contribution in [1.82, 2.24) is 0 Å². The topological polar surface area (TPSA) is 58.4 Å². The molecule has 1 aromatic carbocycles. The van der Waals surface area contributed by atoms with Gasteiger partial charge in [-0.2, -0.15) is 0 Å². The molecule has 13 heavy (non-hydrogen) atoms. The van der Waals surface area contributed by atoms with E-state index < -0.39 is 0 Å². The Morgan fingerprint density at radius 1 is 1.54 bits per heavy atom. The average molecular weight is 179 g/mol. The lowest BCUT2D eigenvalue weighted by Crippen LogP contribution is -2.33. The number of para-hydroxylation sites is 2. The van der Waals surface area contributed by atoms with Crippen molar-refractivity contribution >= 4 is 17.7 Å². The Balaban J connectivity index is 2.91. The van der Waals surface area contributed by atoms with Gasteiger partial charge >= 0.3 is 0 Å². The third-order valence-electron chi connectivity index (χ3n) is 1.75. The summed E-state index contributed by atoms with van der Waals surface area (Å²) < 4.78 is 0. The lowest BCUT2D eigenvalue weighted by Gasteiger charge is -2.18. The summed E-state index contributed by atoms with van der Waals surface area (Å²) in [5, 5.41) is 4.40. The fraction of sp³-hybridized carbons (Fsp3) is 0.222. The highest BCUT2D eigenvalue weighted by molar-refractivity contribution is 5.72. The number of anilines is 2. The van der Waals surface area contributed by atoms with E-state index in [0.717, 1.165) is 17.7 Å². The van der Waals surface area contributed by atoms with E-state index in [9.17, 15) is 4.79 Å². The molecule has 0 saturated heterocycles. The number of carbonyl (C=O) groups excluding carboxylic acids is 1. The molecule has 4 nitrogen and oxygen atoms in total. The monoisotopic (exact) mass is 179 g/mol. The summed E-state index contributed by atoms with van der Waals surface area (Å²) in [6, 6.07) is 7.54. The minimum Gasteiger partial charge on any atom is -0.386 e. The van der Waals surface area contributed by atoms with Crippen LogP contribution < -0.4 is 16.2 Å². The van der Waals surface area contributed by atoms with E-state index in [1.54, 1.807) is 0 Å². The highest BCUT2D eigenvalue weighted by Gasteiger charge is 2.04. The Morgan fingerprint density at radius 3 is 2.85 bits per heavy atom. The highest BCUT2D eigenvalue weighted by atomic mass is 16.1. The van der Waals surface area contributed by atoms with Crippen molar-refractivity contribution in [2.24, 2.45) is 5.84 Å². The number of benzene rings is 1. The largest absolute Gasteiger partial charge is 0.386 e. The summed E-state index contributed by atoms with van der Waals surface area (Å²) in [4.78, 5) is 10.2. The molecule has 0 heterocycles. The average Bonchev–Trinajstić information content (AvgIpc) is 2.18. The van der Waals surface area contributed by atoms with E-state index in [1.165, 1.54) is 5.01 Å². The van der Waals surface area contributed by atoms with Crippen LogP contribution in [0.3, 0.4) is 0 Å². The number of nitrogens with zero attached hydrogens (tertiary/aromatic N) is 1. The predicted molar refractivity (Wildman–Crippen MR) is 53.6 cm³/mol. The summed E-state index contributed by atoms with van der Waals surface area (Å²) in [6.07, 6.45) is 0.770. The maximum atomic E-state index is 10.2. The van der Waals surface area contributed by atoms with Crippen molar-refractivity contribution in [3.63, 3.8) is 0 Å². The zero-order valence-electron chi connectivity index (χ0n) is 7.53. The van der Waals surface area contributed by atoms with Crippen LogP contribution >= 0.6 is 0 Å². The quantitative estimate of drug-likeness (QED) is 0.404. The molecule has 0 spiro atoms. The number of nitrogens with one attached hydrogen (secondary N) is 1. The van der Waals surface area contributed by atoms with Crippen LogP contribution in [0.2, 0.25) is 0 Å². The Labute approximate surface area is 77.3 Å². The van der Waals surface area contributed by atoms with Gasteiger partial charge in [0, 0.05) is 7.05 Å². The lowest BCUT2D eigenvalue weighted by molar-refractivity contribution is -0.106. The molecule has 1 rings (SSSR count). The van der Waals surface area contributed by atoms with Gasteiger partial charge in [-0.15, -0.1) is 0 Å². The maximum absolute atomic E-state index is 10.2.